The molecular formula is C12H10N4O4S. The molecule has 1 amide bonds. The van der Waals surface area contributed by atoms with Crippen molar-refractivity contribution in [3.8, 4) is 11.8 Å². The highest BCUT2D eigenvalue weighted by molar-refractivity contribution is 7.16. The summed E-state index contributed by atoms with van der Waals surface area (Å²) >= 11 is 1.17. The summed E-state index contributed by atoms with van der Waals surface area (Å²) in [4.78, 5) is 28.9. The van der Waals surface area contributed by atoms with Gasteiger partial charge in [0.25, 0.3) is 11.6 Å². The fraction of sp³-hybridized carbons (Fsp3) is 0.167. The van der Waals surface area contributed by atoms with Gasteiger partial charge in [-0.3, -0.25) is 20.2 Å². The Hall–Kier alpha value is -2.70. The van der Waals surface area contributed by atoms with Crippen LogP contribution in [0.4, 0.5) is 10.8 Å². The van der Waals surface area contributed by atoms with Crippen LogP contribution in [-0.4, -0.2) is 32.5 Å². The van der Waals surface area contributed by atoms with Gasteiger partial charge in [-0.05, 0) is 0 Å². The lowest BCUT2D eigenvalue weighted by molar-refractivity contribution is -0.384. The zero-order chi connectivity index (χ0) is 15.2. The number of carbonyl (C=O) groups excluding carboxylic acids is 1. The van der Waals surface area contributed by atoms with Crippen molar-refractivity contribution in [2.24, 2.45) is 0 Å². The molecule has 0 aliphatic heterocycles. The molecule has 2 rings (SSSR count). The number of aliphatic hydroxyl groups is 1. The minimum absolute atomic E-state index is 0.0129. The van der Waals surface area contributed by atoms with Gasteiger partial charge in [-0.1, -0.05) is 23.2 Å². The maximum Gasteiger partial charge on any atom is 0.287 e. The largest absolute Gasteiger partial charge is 0.395 e. The molecule has 2 heterocycles. The fourth-order valence-corrected chi connectivity index (χ4v) is 2.07. The van der Waals surface area contributed by atoms with E-state index in [1.807, 2.05) is 0 Å². The van der Waals surface area contributed by atoms with Gasteiger partial charge in [0.2, 0.25) is 0 Å². The van der Waals surface area contributed by atoms with Crippen LogP contribution >= 0.6 is 11.3 Å². The topological polar surface area (TPSA) is 121 Å². The van der Waals surface area contributed by atoms with Gasteiger partial charge in [0, 0.05) is 12.5 Å². The predicted octanol–water partition coefficient (Wildman–Crippen LogP) is 1.37. The third kappa shape index (κ3) is 3.88. The molecule has 0 bridgehead atoms. The molecule has 0 radical (unpaired) electrons. The molecule has 9 heteroatoms. The molecule has 0 spiro atoms. The average molecular weight is 306 g/mol. The molecule has 0 aliphatic rings. The van der Waals surface area contributed by atoms with E-state index in [0.29, 0.717) is 16.4 Å². The summed E-state index contributed by atoms with van der Waals surface area (Å²) in [6, 6.07) is 1.14. The summed E-state index contributed by atoms with van der Waals surface area (Å²) in [5, 5.41) is 22.0. The van der Waals surface area contributed by atoms with Crippen molar-refractivity contribution in [1.82, 2.24) is 9.97 Å². The second kappa shape index (κ2) is 6.65. The smallest absolute Gasteiger partial charge is 0.287 e. The predicted molar refractivity (Wildman–Crippen MR) is 76.1 cm³/mol. The van der Waals surface area contributed by atoms with E-state index in [1.165, 1.54) is 17.5 Å². The van der Waals surface area contributed by atoms with Gasteiger partial charge in [-0.25, -0.2) is 4.98 Å². The maximum atomic E-state index is 11.9. The molecule has 0 fully saturated rings. The number of H-pyrrole nitrogens is 1. The highest BCUT2D eigenvalue weighted by atomic mass is 32.1. The van der Waals surface area contributed by atoms with Gasteiger partial charge >= 0.3 is 0 Å². The lowest BCUT2D eigenvalue weighted by Crippen LogP contribution is -2.11. The summed E-state index contributed by atoms with van der Waals surface area (Å²) in [7, 11) is 0. The summed E-state index contributed by atoms with van der Waals surface area (Å²) in [6.45, 7) is -0.0129. The Labute approximate surface area is 123 Å². The first-order chi connectivity index (χ1) is 10.1. The van der Waals surface area contributed by atoms with Crippen LogP contribution in [0.15, 0.2) is 18.5 Å². The van der Waals surface area contributed by atoms with Crippen LogP contribution in [-0.2, 0) is 0 Å². The minimum Gasteiger partial charge on any atom is -0.395 e. The van der Waals surface area contributed by atoms with E-state index in [9.17, 15) is 14.9 Å². The number of nitrogens with zero attached hydrogens (tertiary/aromatic N) is 2. The number of aromatic nitrogens is 2. The lowest BCUT2D eigenvalue weighted by Gasteiger charge is -1.97. The molecule has 2 aromatic heterocycles. The van der Waals surface area contributed by atoms with Crippen molar-refractivity contribution in [1.29, 1.82) is 0 Å². The van der Waals surface area contributed by atoms with Crippen molar-refractivity contribution in [3.63, 3.8) is 0 Å². The number of rotatable bonds is 4. The Morgan fingerprint density at radius 2 is 2.43 bits per heavy atom. The number of nitro groups is 1. The molecule has 0 unspecified atom stereocenters. The van der Waals surface area contributed by atoms with Crippen molar-refractivity contribution >= 4 is 28.1 Å². The minimum atomic E-state index is -0.592. The van der Waals surface area contributed by atoms with Crippen molar-refractivity contribution < 1.29 is 14.8 Å². The van der Waals surface area contributed by atoms with Gasteiger partial charge < -0.3 is 10.1 Å². The molecule has 8 nitrogen and oxygen atoms in total. The number of hydrogen-bond acceptors (Lipinski definition) is 6. The normalized spacial score (nSPS) is 9.76. The van der Waals surface area contributed by atoms with E-state index >= 15 is 0 Å². The highest BCUT2D eigenvalue weighted by Gasteiger charge is 2.15. The van der Waals surface area contributed by atoms with Crippen LogP contribution in [0.3, 0.4) is 0 Å². The summed E-state index contributed by atoms with van der Waals surface area (Å²) in [5.74, 6) is 5.02. The molecule has 108 valence electrons. The number of nitrogens with one attached hydrogen (secondary N) is 2. The van der Waals surface area contributed by atoms with Crippen LogP contribution in [0.2, 0.25) is 0 Å². The summed E-state index contributed by atoms with van der Waals surface area (Å²) in [5.41, 5.74) is -0.111. The van der Waals surface area contributed by atoms with Gasteiger partial charge in [0.05, 0.1) is 28.8 Å². The summed E-state index contributed by atoms with van der Waals surface area (Å²) in [6.07, 6.45) is 3.01. The van der Waals surface area contributed by atoms with Gasteiger partial charge in [0.1, 0.15) is 5.69 Å². The van der Waals surface area contributed by atoms with Crippen LogP contribution in [0.1, 0.15) is 21.8 Å². The molecule has 0 saturated carbocycles. The zero-order valence-corrected chi connectivity index (χ0v) is 11.4. The first-order valence-electron chi connectivity index (χ1n) is 5.80. The van der Waals surface area contributed by atoms with E-state index in [0.717, 1.165) is 12.3 Å². The Morgan fingerprint density at radius 3 is 3.10 bits per heavy atom. The average Bonchev–Trinajstić information content (AvgIpc) is 3.08. The second-order valence-electron chi connectivity index (χ2n) is 3.79. The van der Waals surface area contributed by atoms with E-state index in [2.05, 4.69) is 27.1 Å². The number of hydrogen-bond donors (Lipinski definition) is 3. The monoisotopic (exact) mass is 306 g/mol. The van der Waals surface area contributed by atoms with E-state index in [1.54, 1.807) is 0 Å². The third-order valence-corrected chi connectivity index (χ3v) is 3.13. The van der Waals surface area contributed by atoms with Crippen LogP contribution < -0.4 is 5.32 Å². The van der Waals surface area contributed by atoms with Gasteiger partial charge in [0.15, 0.2) is 5.13 Å². The Balaban J connectivity index is 2.02. The number of carbonyl (C=O) groups is 1. The number of amides is 1. The molecule has 0 saturated heterocycles. The Kier molecular flexibility index (Phi) is 4.65. The SMILES string of the molecule is O=C(Nc1ncc(C#CCCO)s1)c1cc([N+](=O)[O-])c[nH]1. The van der Waals surface area contributed by atoms with Crippen molar-refractivity contribution in [2.75, 3.05) is 11.9 Å². The van der Waals surface area contributed by atoms with E-state index in [4.69, 9.17) is 5.11 Å². The number of aromatic amines is 1. The van der Waals surface area contributed by atoms with Crippen LogP contribution in [0.5, 0.6) is 0 Å². The Bertz CT molecular complexity index is 725. The molecule has 3 N–H and O–H groups in total. The molecule has 0 atom stereocenters. The molecule has 21 heavy (non-hydrogen) atoms. The molecule has 0 aliphatic carbocycles. The summed E-state index contributed by atoms with van der Waals surface area (Å²) < 4.78 is 0. The zero-order valence-electron chi connectivity index (χ0n) is 10.6. The molecule has 2 aromatic rings. The standard InChI is InChI=1S/C12H10N4O4S/c17-4-2-1-3-9-7-14-12(21-9)15-11(18)10-5-8(6-13-10)16(19)20/h5-7,13,17H,2,4H2,(H,14,15,18). The quantitative estimate of drug-likeness (QED) is 0.447. The van der Waals surface area contributed by atoms with Crippen molar-refractivity contribution in [3.05, 3.63) is 39.1 Å². The third-order valence-electron chi connectivity index (χ3n) is 2.30. The molecule has 0 aromatic carbocycles. The van der Waals surface area contributed by atoms with E-state index < -0.39 is 10.8 Å². The second-order valence-corrected chi connectivity index (χ2v) is 4.82. The van der Waals surface area contributed by atoms with Crippen LogP contribution in [0, 0.1) is 22.0 Å². The Morgan fingerprint density at radius 1 is 1.62 bits per heavy atom. The number of anilines is 1. The maximum absolute atomic E-state index is 11.9. The fourth-order valence-electron chi connectivity index (χ4n) is 1.38. The first kappa shape index (κ1) is 14.7. The van der Waals surface area contributed by atoms with Gasteiger partial charge in [-0.15, -0.1) is 0 Å². The number of aliphatic hydroxyl groups excluding tert-OH is 1. The first-order valence-corrected chi connectivity index (χ1v) is 6.61. The van der Waals surface area contributed by atoms with Crippen molar-refractivity contribution in [2.45, 2.75) is 6.42 Å². The number of thiazole rings is 1. The highest BCUT2D eigenvalue weighted by Crippen LogP contribution is 2.19. The molecular weight excluding hydrogens is 296 g/mol. The van der Waals surface area contributed by atoms with Gasteiger partial charge in [-0.2, -0.15) is 0 Å². The van der Waals surface area contributed by atoms with Crippen LogP contribution in [0.25, 0.3) is 0 Å². The lowest BCUT2D eigenvalue weighted by atomic mass is 10.4. The van der Waals surface area contributed by atoms with E-state index in [-0.39, 0.29) is 18.0 Å².